The second-order valence-corrected chi connectivity index (χ2v) is 7.58. The van der Waals surface area contributed by atoms with Gasteiger partial charge in [0.1, 0.15) is 17.0 Å². The van der Waals surface area contributed by atoms with Crippen molar-refractivity contribution < 1.29 is 4.39 Å². The molecule has 0 aliphatic rings. The van der Waals surface area contributed by atoms with Gasteiger partial charge in [-0.05, 0) is 55.0 Å². The van der Waals surface area contributed by atoms with Crippen molar-refractivity contribution in [1.29, 1.82) is 0 Å². The summed E-state index contributed by atoms with van der Waals surface area (Å²) in [5.41, 5.74) is 6.84. The van der Waals surface area contributed by atoms with Crippen molar-refractivity contribution in [2.45, 2.75) is 6.92 Å². The number of aromatic amines is 2. The molecule has 32 heavy (non-hydrogen) atoms. The Morgan fingerprint density at radius 2 is 1.72 bits per heavy atom. The first kappa shape index (κ1) is 18.3. The van der Waals surface area contributed by atoms with E-state index < -0.39 is 0 Å². The van der Waals surface area contributed by atoms with Crippen molar-refractivity contribution in [3.8, 4) is 34.0 Å². The van der Waals surface area contributed by atoms with Gasteiger partial charge in [-0.1, -0.05) is 0 Å². The molecule has 0 atom stereocenters. The zero-order valence-corrected chi connectivity index (χ0v) is 17.0. The molecule has 0 bridgehead atoms. The highest BCUT2D eigenvalue weighted by atomic mass is 19.1. The lowest BCUT2D eigenvalue weighted by molar-refractivity contribution is 0.627. The molecule has 6 aromatic rings. The van der Waals surface area contributed by atoms with Crippen LogP contribution >= 0.6 is 0 Å². The lowest BCUT2D eigenvalue weighted by Crippen LogP contribution is -1.88. The van der Waals surface area contributed by atoms with E-state index in [1.54, 1.807) is 24.8 Å². The largest absolute Gasteiger partial charge is 0.336 e. The zero-order valence-electron chi connectivity index (χ0n) is 17.0. The number of imidazole rings is 1. The fourth-order valence-electron chi connectivity index (χ4n) is 3.91. The maximum atomic E-state index is 14.0. The molecule has 7 nitrogen and oxygen atoms in total. The number of nitrogens with zero attached hydrogens (tertiary/aromatic N) is 5. The van der Waals surface area contributed by atoms with Gasteiger partial charge in [-0.3, -0.25) is 20.1 Å². The van der Waals surface area contributed by atoms with E-state index in [4.69, 9.17) is 4.98 Å². The molecule has 0 unspecified atom stereocenters. The van der Waals surface area contributed by atoms with Crippen LogP contribution in [0.1, 0.15) is 5.56 Å². The van der Waals surface area contributed by atoms with E-state index in [-0.39, 0.29) is 5.82 Å². The Morgan fingerprint density at radius 3 is 2.56 bits per heavy atom. The molecular formula is C24H16FN7. The van der Waals surface area contributed by atoms with Gasteiger partial charge in [0.2, 0.25) is 0 Å². The van der Waals surface area contributed by atoms with E-state index in [0.717, 1.165) is 33.2 Å². The van der Waals surface area contributed by atoms with Crippen molar-refractivity contribution in [2.75, 3.05) is 0 Å². The molecule has 0 saturated heterocycles. The number of benzene rings is 1. The van der Waals surface area contributed by atoms with Gasteiger partial charge in [-0.2, -0.15) is 5.10 Å². The minimum Gasteiger partial charge on any atom is -0.336 e. The molecule has 0 spiro atoms. The lowest BCUT2D eigenvalue weighted by atomic mass is 10.1. The van der Waals surface area contributed by atoms with Crippen molar-refractivity contribution in [1.82, 2.24) is 35.1 Å². The molecule has 5 aromatic heterocycles. The van der Waals surface area contributed by atoms with Crippen LogP contribution in [0.2, 0.25) is 0 Å². The monoisotopic (exact) mass is 421 g/mol. The van der Waals surface area contributed by atoms with Gasteiger partial charge in [0, 0.05) is 35.1 Å². The maximum Gasteiger partial charge on any atom is 0.159 e. The summed E-state index contributed by atoms with van der Waals surface area (Å²) in [5.74, 6) is 0.296. The van der Waals surface area contributed by atoms with Gasteiger partial charge in [-0.25, -0.2) is 9.37 Å². The van der Waals surface area contributed by atoms with Crippen LogP contribution in [0, 0.1) is 12.7 Å². The highest BCUT2D eigenvalue weighted by Crippen LogP contribution is 2.32. The van der Waals surface area contributed by atoms with Crippen molar-refractivity contribution in [3.63, 3.8) is 0 Å². The average molecular weight is 421 g/mol. The van der Waals surface area contributed by atoms with Crippen LogP contribution in [0.5, 0.6) is 0 Å². The van der Waals surface area contributed by atoms with Gasteiger partial charge in [0.05, 0.1) is 28.6 Å². The van der Waals surface area contributed by atoms with Crippen LogP contribution < -0.4 is 0 Å². The van der Waals surface area contributed by atoms with E-state index in [9.17, 15) is 4.39 Å². The Balaban J connectivity index is 1.52. The minimum atomic E-state index is -0.302. The molecule has 6 rings (SSSR count). The molecule has 0 aliphatic heterocycles. The number of aryl methyl sites for hydroxylation is 1. The van der Waals surface area contributed by atoms with Crippen molar-refractivity contribution >= 4 is 21.9 Å². The number of fused-ring (bicyclic) bond motifs is 2. The first-order valence-corrected chi connectivity index (χ1v) is 10.0. The molecule has 0 fully saturated rings. The highest BCUT2D eigenvalue weighted by Gasteiger charge is 2.17. The number of halogens is 1. The molecule has 0 saturated carbocycles. The van der Waals surface area contributed by atoms with Crippen LogP contribution in [-0.4, -0.2) is 35.1 Å². The molecule has 154 valence electrons. The van der Waals surface area contributed by atoms with Gasteiger partial charge < -0.3 is 4.98 Å². The fraction of sp³-hybridized carbons (Fsp3) is 0.0417. The Hall–Kier alpha value is -4.46. The van der Waals surface area contributed by atoms with E-state index in [1.807, 2.05) is 37.3 Å². The van der Waals surface area contributed by atoms with E-state index >= 15 is 0 Å². The Morgan fingerprint density at radius 1 is 0.844 bits per heavy atom. The number of aromatic nitrogens is 7. The first-order chi connectivity index (χ1) is 15.7. The van der Waals surface area contributed by atoms with E-state index in [2.05, 4.69) is 30.1 Å². The smallest absolute Gasteiger partial charge is 0.159 e. The molecule has 2 N–H and O–H groups in total. The first-order valence-electron chi connectivity index (χ1n) is 10.0. The van der Waals surface area contributed by atoms with Crippen LogP contribution in [0.3, 0.4) is 0 Å². The number of hydrogen-bond acceptors (Lipinski definition) is 5. The summed E-state index contributed by atoms with van der Waals surface area (Å²) in [6.45, 7) is 1.85. The summed E-state index contributed by atoms with van der Waals surface area (Å²) in [4.78, 5) is 21.2. The van der Waals surface area contributed by atoms with Crippen LogP contribution in [0.15, 0.2) is 67.3 Å². The van der Waals surface area contributed by atoms with Gasteiger partial charge in [0.15, 0.2) is 5.82 Å². The summed E-state index contributed by atoms with van der Waals surface area (Å²) in [6.07, 6.45) is 6.92. The third-order valence-corrected chi connectivity index (χ3v) is 5.36. The second-order valence-electron chi connectivity index (χ2n) is 7.58. The molecule has 0 aliphatic carbocycles. The van der Waals surface area contributed by atoms with E-state index in [1.165, 1.54) is 12.1 Å². The van der Waals surface area contributed by atoms with Crippen LogP contribution in [0.4, 0.5) is 4.39 Å². The predicted octanol–water partition coefficient (Wildman–Crippen LogP) is 5.07. The zero-order chi connectivity index (χ0) is 21.7. The fourth-order valence-corrected chi connectivity index (χ4v) is 3.91. The summed E-state index contributed by atoms with van der Waals surface area (Å²) < 4.78 is 14.0. The normalized spacial score (nSPS) is 11.4. The number of rotatable bonds is 3. The minimum absolute atomic E-state index is 0.302. The summed E-state index contributed by atoms with van der Waals surface area (Å²) >= 11 is 0. The topological polar surface area (TPSA) is 96.0 Å². The molecule has 8 heteroatoms. The molecule has 1 aromatic carbocycles. The lowest BCUT2D eigenvalue weighted by Gasteiger charge is -2.03. The van der Waals surface area contributed by atoms with Gasteiger partial charge in [0.25, 0.3) is 0 Å². The van der Waals surface area contributed by atoms with Crippen molar-refractivity contribution in [3.05, 3.63) is 78.6 Å². The van der Waals surface area contributed by atoms with Crippen LogP contribution in [0.25, 0.3) is 56.0 Å². The highest BCUT2D eigenvalue weighted by molar-refractivity contribution is 5.96. The summed E-state index contributed by atoms with van der Waals surface area (Å²) in [5, 5.41) is 8.39. The van der Waals surface area contributed by atoms with Crippen molar-refractivity contribution in [2.24, 2.45) is 0 Å². The SMILES string of the molecule is Cc1cc(F)cc(-c2nccc3[nH]c(-c4n[nH]c5cnc(-c6ccncc6)cc45)nc23)c1. The summed E-state index contributed by atoms with van der Waals surface area (Å²) in [6, 6.07) is 12.5. The Kier molecular flexibility index (Phi) is 4.04. The van der Waals surface area contributed by atoms with Crippen LogP contribution in [-0.2, 0) is 0 Å². The van der Waals surface area contributed by atoms with Gasteiger partial charge >= 0.3 is 0 Å². The number of hydrogen-bond donors (Lipinski definition) is 2. The Bertz CT molecular complexity index is 1580. The predicted molar refractivity (Wildman–Crippen MR) is 120 cm³/mol. The number of nitrogens with one attached hydrogen (secondary N) is 2. The Labute approximate surface area is 181 Å². The summed E-state index contributed by atoms with van der Waals surface area (Å²) in [7, 11) is 0. The molecule has 0 amide bonds. The van der Waals surface area contributed by atoms with Gasteiger partial charge in [-0.15, -0.1) is 0 Å². The quantitative estimate of drug-likeness (QED) is 0.416. The molecular weight excluding hydrogens is 405 g/mol. The average Bonchev–Trinajstić information content (AvgIpc) is 3.42. The number of H-pyrrole nitrogens is 2. The molecule has 0 radical (unpaired) electrons. The third kappa shape index (κ3) is 3.01. The third-order valence-electron chi connectivity index (χ3n) is 5.36. The molecule has 5 heterocycles. The van der Waals surface area contributed by atoms with E-state index in [0.29, 0.717) is 28.3 Å². The standard InChI is InChI=1S/C24H16FN7/c1-13-8-15(10-16(25)9-13)21-23-18(4-7-27-21)29-24(30-23)22-17-11-19(14-2-5-26-6-3-14)28-12-20(17)31-32-22/h2-12H,1H3,(H,29,30)(H,31,32). The number of pyridine rings is 3. The maximum absolute atomic E-state index is 14.0. The second kappa shape index (κ2) is 7.05.